The normalized spacial score (nSPS) is 11.0. The molecule has 73 valence electrons. The number of aliphatic carboxylic acids is 1. The van der Waals surface area contributed by atoms with Gasteiger partial charge in [-0.15, -0.1) is 0 Å². The molecule has 1 aromatic rings. The Labute approximate surface area is 78.8 Å². The number of rotatable bonds is 5. The van der Waals surface area contributed by atoms with Crippen molar-refractivity contribution in [1.82, 2.24) is 0 Å². The summed E-state index contributed by atoms with van der Waals surface area (Å²) in [6.45, 7) is -0.619. The molecule has 0 amide bonds. The molecular weight excluding hydrogens is 190 g/mol. The van der Waals surface area contributed by atoms with Gasteiger partial charge in [0.2, 0.25) is 6.61 Å². The zero-order valence-corrected chi connectivity index (χ0v) is 6.97. The highest BCUT2D eigenvalue weighted by atomic mass is 16.6. The predicted octanol–water partition coefficient (Wildman–Crippen LogP) is 0.195. The van der Waals surface area contributed by atoms with E-state index in [1.807, 2.05) is 0 Å². The van der Waals surface area contributed by atoms with E-state index in [1.165, 1.54) is 18.6 Å². The smallest absolute Gasteiger partial charge is 0.344 e. The molecule has 14 heavy (non-hydrogen) atoms. The summed E-state index contributed by atoms with van der Waals surface area (Å²) in [5.74, 6) is -1.01. The third-order valence-corrected chi connectivity index (χ3v) is 1.20. The fourth-order valence-corrected chi connectivity index (χ4v) is 0.679. The van der Waals surface area contributed by atoms with Gasteiger partial charge in [0.25, 0.3) is 6.29 Å². The van der Waals surface area contributed by atoms with E-state index in [4.69, 9.17) is 9.52 Å². The number of hydrogen-bond donors (Lipinski definition) is 1. The molecule has 6 nitrogen and oxygen atoms in total. The van der Waals surface area contributed by atoms with Gasteiger partial charge in [-0.3, -0.25) is 4.79 Å². The first-order valence-electron chi connectivity index (χ1n) is 3.58. The summed E-state index contributed by atoms with van der Waals surface area (Å²) in [5, 5.41) is 11.5. The van der Waals surface area contributed by atoms with Gasteiger partial charge in [-0.05, 0) is 12.1 Å². The van der Waals surface area contributed by atoms with Crippen molar-refractivity contribution in [2.45, 2.75) is 0 Å². The van der Waals surface area contributed by atoms with E-state index in [2.05, 4.69) is 9.99 Å². The van der Waals surface area contributed by atoms with Crippen LogP contribution in [0, 0.1) is 0 Å². The van der Waals surface area contributed by atoms with Crippen LogP contribution in [0.15, 0.2) is 28.0 Å². The summed E-state index contributed by atoms with van der Waals surface area (Å²) in [6, 6.07) is 3.03. The van der Waals surface area contributed by atoms with Crippen molar-refractivity contribution >= 4 is 18.0 Å². The molecule has 0 aliphatic heterocycles. The second-order valence-corrected chi connectivity index (χ2v) is 2.19. The van der Waals surface area contributed by atoms with Gasteiger partial charge in [-0.25, -0.2) is 4.79 Å². The Kier molecular flexibility index (Phi) is 3.42. The molecule has 0 aliphatic rings. The van der Waals surface area contributed by atoms with Gasteiger partial charge in [0.15, 0.2) is 11.5 Å². The fraction of sp³-hybridized carbons (Fsp3) is 0.125. The first-order chi connectivity index (χ1) is 6.74. The Morgan fingerprint density at radius 1 is 1.71 bits per heavy atom. The number of carboxylic acids is 1. The SMILES string of the molecule is O=[C]/C(=N\OCC(=O)O)c1ccco1. The molecule has 6 heteroatoms. The van der Waals surface area contributed by atoms with Crippen LogP contribution in [0.3, 0.4) is 0 Å². The van der Waals surface area contributed by atoms with E-state index in [-0.39, 0.29) is 11.5 Å². The molecule has 1 N–H and O–H groups in total. The molecule has 0 bridgehead atoms. The third-order valence-electron chi connectivity index (χ3n) is 1.20. The maximum Gasteiger partial charge on any atom is 0.344 e. The van der Waals surface area contributed by atoms with Crippen LogP contribution in [-0.4, -0.2) is 29.7 Å². The first kappa shape index (κ1) is 9.97. The molecule has 1 aromatic heterocycles. The van der Waals surface area contributed by atoms with Crippen LogP contribution in [0.4, 0.5) is 0 Å². The Hall–Kier alpha value is -2.11. The standard InChI is InChI=1S/C8H6NO5/c10-4-6(7-2-1-3-13-7)9-14-5-8(11)12/h1-3H,5H2,(H,11,12)/b9-6+. The highest BCUT2D eigenvalue weighted by molar-refractivity contribution is 6.35. The number of oxime groups is 1. The maximum atomic E-state index is 10.3. The minimum atomic E-state index is -1.18. The van der Waals surface area contributed by atoms with Gasteiger partial charge in [0, 0.05) is 0 Å². The highest BCUT2D eigenvalue weighted by Gasteiger charge is 2.07. The van der Waals surface area contributed by atoms with Crippen molar-refractivity contribution < 1.29 is 24.0 Å². The van der Waals surface area contributed by atoms with Crippen molar-refractivity contribution in [3.8, 4) is 0 Å². The number of carbonyl (C=O) groups excluding carboxylic acids is 1. The molecule has 0 fully saturated rings. The summed E-state index contributed by atoms with van der Waals surface area (Å²) in [6.07, 6.45) is 2.81. The van der Waals surface area contributed by atoms with Crippen LogP contribution in [-0.2, 0) is 14.4 Å². The second kappa shape index (κ2) is 4.80. The quantitative estimate of drug-likeness (QED) is 0.536. The molecule has 1 radical (unpaired) electrons. The monoisotopic (exact) mass is 196 g/mol. The van der Waals surface area contributed by atoms with Crippen LogP contribution in [0.1, 0.15) is 5.76 Å². The van der Waals surface area contributed by atoms with Crippen LogP contribution in [0.2, 0.25) is 0 Å². The summed E-state index contributed by atoms with van der Waals surface area (Å²) >= 11 is 0. The van der Waals surface area contributed by atoms with Crippen LogP contribution in [0.25, 0.3) is 0 Å². The second-order valence-electron chi connectivity index (χ2n) is 2.19. The van der Waals surface area contributed by atoms with Gasteiger partial charge in [0.05, 0.1) is 6.26 Å². The zero-order valence-electron chi connectivity index (χ0n) is 6.97. The molecule has 1 rings (SSSR count). The fourth-order valence-electron chi connectivity index (χ4n) is 0.679. The van der Waals surface area contributed by atoms with E-state index in [0.29, 0.717) is 0 Å². The van der Waals surface area contributed by atoms with E-state index >= 15 is 0 Å². The van der Waals surface area contributed by atoms with Crippen molar-refractivity contribution in [2.24, 2.45) is 5.16 Å². The summed E-state index contributed by atoms with van der Waals surface area (Å²) in [4.78, 5) is 24.7. The van der Waals surface area contributed by atoms with Gasteiger partial charge < -0.3 is 14.4 Å². The van der Waals surface area contributed by atoms with Crippen LogP contribution >= 0.6 is 0 Å². The lowest BCUT2D eigenvalue weighted by Gasteiger charge is -1.94. The van der Waals surface area contributed by atoms with Crippen LogP contribution in [0.5, 0.6) is 0 Å². The minimum absolute atomic E-state index is 0.172. The van der Waals surface area contributed by atoms with Gasteiger partial charge in [-0.1, -0.05) is 5.16 Å². The lowest BCUT2D eigenvalue weighted by atomic mass is 10.3. The van der Waals surface area contributed by atoms with Crippen molar-refractivity contribution in [1.29, 1.82) is 0 Å². The molecular formula is C8H6NO5. The van der Waals surface area contributed by atoms with Gasteiger partial charge in [0.1, 0.15) is 0 Å². The number of furan rings is 1. The molecule has 1 heterocycles. The van der Waals surface area contributed by atoms with Gasteiger partial charge >= 0.3 is 5.97 Å². The van der Waals surface area contributed by atoms with Crippen molar-refractivity contribution in [3.63, 3.8) is 0 Å². The maximum absolute atomic E-state index is 10.3. The Morgan fingerprint density at radius 3 is 3.00 bits per heavy atom. The Morgan fingerprint density at radius 2 is 2.50 bits per heavy atom. The number of hydrogen-bond acceptors (Lipinski definition) is 5. The summed E-state index contributed by atoms with van der Waals surface area (Å²) in [5.41, 5.74) is -0.212. The minimum Gasteiger partial charge on any atom is -0.479 e. The molecule has 0 aromatic carbocycles. The summed E-state index contributed by atoms with van der Waals surface area (Å²) in [7, 11) is 0. The highest BCUT2D eigenvalue weighted by Crippen LogP contribution is 2.01. The molecule has 0 saturated carbocycles. The number of carboxylic acid groups (broad SMARTS) is 1. The average molecular weight is 196 g/mol. The number of carbonyl (C=O) groups is 1. The van der Waals surface area contributed by atoms with E-state index in [9.17, 15) is 9.59 Å². The van der Waals surface area contributed by atoms with Crippen LogP contribution < -0.4 is 0 Å². The van der Waals surface area contributed by atoms with Gasteiger partial charge in [-0.2, -0.15) is 0 Å². The lowest BCUT2D eigenvalue weighted by molar-refractivity contribution is -0.142. The molecule has 0 saturated heterocycles. The lowest BCUT2D eigenvalue weighted by Crippen LogP contribution is -2.07. The molecule has 0 unspecified atom stereocenters. The zero-order chi connectivity index (χ0) is 10.4. The van der Waals surface area contributed by atoms with E-state index < -0.39 is 12.6 Å². The third kappa shape index (κ3) is 2.74. The largest absolute Gasteiger partial charge is 0.479 e. The molecule has 0 aliphatic carbocycles. The Bertz CT molecular complexity index is 341. The molecule has 0 spiro atoms. The first-order valence-corrected chi connectivity index (χ1v) is 3.58. The number of nitrogens with zero attached hydrogens (tertiary/aromatic N) is 1. The van der Waals surface area contributed by atoms with Crippen molar-refractivity contribution in [2.75, 3.05) is 6.61 Å². The van der Waals surface area contributed by atoms with Crippen molar-refractivity contribution in [3.05, 3.63) is 24.2 Å². The topological polar surface area (TPSA) is 89.1 Å². The Balaban J connectivity index is 2.63. The van der Waals surface area contributed by atoms with E-state index in [0.717, 1.165) is 0 Å². The summed E-state index contributed by atoms with van der Waals surface area (Å²) < 4.78 is 4.82. The predicted molar refractivity (Wildman–Crippen MR) is 44.5 cm³/mol. The molecule has 0 atom stereocenters. The average Bonchev–Trinajstić information content (AvgIpc) is 2.64. The van der Waals surface area contributed by atoms with E-state index in [1.54, 1.807) is 6.07 Å².